The third-order valence-electron chi connectivity index (χ3n) is 6.91. The van der Waals surface area contributed by atoms with Crippen molar-refractivity contribution in [2.75, 3.05) is 0 Å². The highest BCUT2D eigenvalue weighted by molar-refractivity contribution is 6.09. The Bertz CT molecular complexity index is 1890. The Morgan fingerprint density at radius 3 is 2.09 bits per heavy atom. The Hall–Kier alpha value is -4.83. The first-order valence-electron chi connectivity index (χ1n) is 11.7. The fourth-order valence-corrected chi connectivity index (χ4v) is 5.44. The van der Waals surface area contributed by atoms with Crippen molar-refractivity contribution in [3.8, 4) is 34.3 Å². The van der Waals surface area contributed by atoms with Crippen LogP contribution in [0.3, 0.4) is 0 Å². The maximum Gasteiger partial charge on any atom is 0.153 e. The van der Waals surface area contributed by atoms with Crippen molar-refractivity contribution < 1.29 is 4.74 Å². The second kappa shape index (κ2) is 6.84. The van der Waals surface area contributed by atoms with Crippen LogP contribution < -0.4 is 4.74 Å². The molecule has 2 aromatic heterocycles. The summed E-state index contributed by atoms with van der Waals surface area (Å²) in [4.78, 5) is 5.07. The van der Waals surface area contributed by atoms with Crippen LogP contribution in [0.4, 0.5) is 0 Å². The third kappa shape index (κ3) is 2.53. The molecule has 7 aromatic rings. The van der Waals surface area contributed by atoms with Crippen molar-refractivity contribution in [1.82, 2.24) is 14.1 Å². The van der Waals surface area contributed by atoms with E-state index < -0.39 is 0 Å². The van der Waals surface area contributed by atoms with Crippen LogP contribution >= 0.6 is 0 Å². The lowest BCUT2D eigenvalue weighted by Gasteiger charge is -2.21. The number of imidazole rings is 1. The molecule has 0 atom stereocenters. The summed E-state index contributed by atoms with van der Waals surface area (Å²) in [5, 5.41) is 2.51. The zero-order valence-electron chi connectivity index (χ0n) is 18.7. The van der Waals surface area contributed by atoms with E-state index in [0.29, 0.717) is 0 Å². The molecule has 164 valence electrons. The van der Waals surface area contributed by atoms with Gasteiger partial charge in [0, 0.05) is 22.0 Å². The zero-order chi connectivity index (χ0) is 22.9. The lowest BCUT2D eigenvalue weighted by molar-refractivity contribution is 0.476. The van der Waals surface area contributed by atoms with Crippen molar-refractivity contribution >= 4 is 32.8 Å². The molecule has 0 unspecified atom stereocenters. The van der Waals surface area contributed by atoms with E-state index in [1.165, 1.54) is 21.8 Å². The van der Waals surface area contributed by atoms with Gasteiger partial charge < -0.3 is 9.30 Å². The van der Waals surface area contributed by atoms with Crippen LogP contribution in [0.5, 0.6) is 11.5 Å². The number of aromatic nitrogens is 3. The molecule has 3 heterocycles. The van der Waals surface area contributed by atoms with Gasteiger partial charge in [-0.1, -0.05) is 66.7 Å². The SMILES string of the molecule is c1cc(-c2nc3cccc4c3n2-c2ccccc2O4)cc(-n2c3ccccc3c3ccccc32)c1. The predicted molar refractivity (Wildman–Crippen MR) is 141 cm³/mol. The summed E-state index contributed by atoms with van der Waals surface area (Å²) in [6.07, 6.45) is 0. The standard InChI is InChI=1S/C31H19N3O/c1-3-14-25-22(11-1)23-12-2-4-15-26(23)33(25)21-10-7-9-20(19-21)31-32-24-13-8-18-29-30(24)34(31)27-16-5-6-17-28(27)35-29/h1-19H. The number of hydrogen-bond acceptors (Lipinski definition) is 2. The van der Waals surface area contributed by atoms with Crippen LogP contribution in [-0.2, 0) is 0 Å². The van der Waals surface area contributed by atoms with Crippen LogP contribution in [0.15, 0.2) is 115 Å². The molecule has 0 fully saturated rings. The molecule has 0 bridgehead atoms. The quantitative estimate of drug-likeness (QED) is 0.269. The Morgan fingerprint density at radius 1 is 0.571 bits per heavy atom. The molecule has 0 saturated heterocycles. The maximum absolute atomic E-state index is 6.21. The molecular formula is C31H19N3O. The molecule has 4 heteroatoms. The molecule has 0 N–H and O–H groups in total. The van der Waals surface area contributed by atoms with Gasteiger partial charge in [0.25, 0.3) is 0 Å². The van der Waals surface area contributed by atoms with Crippen molar-refractivity contribution in [3.05, 3.63) is 115 Å². The summed E-state index contributed by atoms with van der Waals surface area (Å²) in [5.41, 5.74) is 7.50. The van der Waals surface area contributed by atoms with Crippen molar-refractivity contribution in [3.63, 3.8) is 0 Å². The van der Waals surface area contributed by atoms with Gasteiger partial charge in [0.05, 0.1) is 22.2 Å². The molecule has 0 aliphatic carbocycles. The third-order valence-corrected chi connectivity index (χ3v) is 6.91. The van der Waals surface area contributed by atoms with Gasteiger partial charge in [-0.3, -0.25) is 4.57 Å². The Balaban J connectivity index is 1.42. The highest BCUT2D eigenvalue weighted by atomic mass is 16.5. The van der Waals surface area contributed by atoms with E-state index in [-0.39, 0.29) is 0 Å². The smallest absolute Gasteiger partial charge is 0.153 e. The zero-order valence-corrected chi connectivity index (χ0v) is 18.7. The molecule has 35 heavy (non-hydrogen) atoms. The number of benzene rings is 5. The number of rotatable bonds is 2. The van der Waals surface area contributed by atoms with Gasteiger partial charge in [0.1, 0.15) is 11.3 Å². The van der Waals surface area contributed by atoms with E-state index in [9.17, 15) is 0 Å². The van der Waals surface area contributed by atoms with Crippen LogP contribution in [0.25, 0.3) is 55.6 Å². The molecule has 1 aliphatic rings. The normalized spacial score (nSPS) is 12.2. The largest absolute Gasteiger partial charge is 0.453 e. The van der Waals surface area contributed by atoms with E-state index in [0.717, 1.165) is 45.3 Å². The fraction of sp³-hybridized carbons (Fsp3) is 0. The number of para-hydroxylation sites is 5. The summed E-state index contributed by atoms with van der Waals surface area (Å²) in [6.45, 7) is 0. The second-order valence-electron chi connectivity index (χ2n) is 8.88. The monoisotopic (exact) mass is 449 g/mol. The Morgan fingerprint density at radius 2 is 1.26 bits per heavy atom. The second-order valence-corrected chi connectivity index (χ2v) is 8.88. The fourth-order valence-electron chi connectivity index (χ4n) is 5.44. The van der Waals surface area contributed by atoms with Crippen LogP contribution in [0, 0.1) is 0 Å². The van der Waals surface area contributed by atoms with Gasteiger partial charge in [-0.2, -0.15) is 0 Å². The Kier molecular flexibility index (Phi) is 3.63. The number of ether oxygens (including phenoxy) is 1. The van der Waals surface area contributed by atoms with E-state index in [2.05, 4.69) is 88.0 Å². The summed E-state index contributed by atoms with van der Waals surface area (Å²) >= 11 is 0. The lowest BCUT2D eigenvalue weighted by atomic mass is 10.1. The number of hydrogen-bond donors (Lipinski definition) is 0. The summed E-state index contributed by atoms with van der Waals surface area (Å²) < 4.78 is 10.8. The van der Waals surface area contributed by atoms with Gasteiger partial charge >= 0.3 is 0 Å². The van der Waals surface area contributed by atoms with Gasteiger partial charge in [0.15, 0.2) is 11.5 Å². The van der Waals surface area contributed by atoms with E-state index >= 15 is 0 Å². The predicted octanol–water partition coefficient (Wildman–Crippen LogP) is 7.90. The van der Waals surface area contributed by atoms with Crippen molar-refractivity contribution in [2.24, 2.45) is 0 Å². The average Bonchev–Trinajstić information content (AvgIpc) is 3.47. The van der Waals surface area contributed by atoms with Crippen LogP contribution in [-0.4, -0.2) is 14.1 Å². The number of fused-ring (bicyclic) bond motifs is 5. The van der Waals surface area contributed by atoms with E-state index in [4.69, 9.17) is 9.72 Å². The lowest BCUT2D eigenvalue weighted by Crippen LogP contribution is -2.05. The molecule has 1 aliphatic heterocycles. The minimum absolute atomic E-state index is 0.832. The van der Waals surface area contributed by atoms with Gasteiger partial charge in [0.2, 0.25) is 0 Å². The van der Waals surface area contributed by atoms with Crippen LogP contribution in [0.2, 0.25) is 0 Å². The average molecular weight is 450 g/mol. The van der Waals surface area contributed by atoms with Gasteiger partial charge in [-0.25, -0.2) is 4.98 Å². The highest BCUT2D eigenvalue weighted by Crippen LogP contribution is 2.43. The van der Waals surface area contributed by atoms with E-state index in [1.54, 1.807) is 0 Å². The van der Waals surface area contributed by atoms with E-state index in [1.807, 2.05) is 36.4 Å². The molecule has 0 amide bonds. The van der Waals surface area contributed by atoms with Gasteiger partial charge in [-0.05, 0) is 48.5 Å². The maximum atomic E-state index is 6.21. The first-order valence-corrected chi connectivity index (χ1v) is 11.7. The van der Waals surface area contributed by atoms with Crippen LogP contribution in [0.1, 0.15) is 0 Å². The minimum Gasteiger partial charge on any atom is -0.453 e. The van der Waals surface area contributed by atoms with Crippen molar-refractivity contribution in [1.29, 1.82) is 0 Å². The summed E-state index contributed by atoms with van der Waals surface area (Å²) in [5.74, 6) is 2.58. The molecule has 5 aromatic carbocycles. The molecular weight excluding hydrogens is 430 g/mol. The Labute approximate surface area is 201 Å². The molecule has 0 spiro atoms. The minimum atomic E-state index is 0.832. The molecule has 8 rings (SSSR count). The topological polar surface area (TPSA) is 32.0 Å². The van der Waals surface area contributed by atoms with Gasteiger partial charge in [-0.15, -0.1) is 0 Å². The highest BCUT2D eigenvalue weighted by Gasteiger charge is 2.25. The molecule has 0 saturated carbocycles. The first kappa shape index (κ1) is 18.6. The molecule has 4 nitrogen and oxygen atoms in total. The summed E-state index contributed by atoms with van der Waals surface area (Å²) in [7, 11) is 0. The molecule has 0 radical (unpaired) electrons. The summed E-state index contributed by atoms with van der Waals surface area (Å²) in [6, 6.07) is 40.1. The first-order chi connectivity index (χ1) is 17.4. The van der Waals surface area contributed by atoms with Crippen molar-refractivity contribution in [2.45, 2.75) is 0 Å². The number of nitrogens with zero attached hydrogens (tertiary/aromatic N) is 3.